The minimum Gasteiger partial charge on any atom is -0.457 e. The monoisotopic (exact) mass is 453 g/mol. The number of rotatable bonds is 9. The minimum absolute atomic E-state index is 0.00454. The number of nitrogens with one attached hydrogen (secondary N) is 3. The molecule has 1 aliphatic rings. The predicted molar refractivity (Wildman–Crippen MR) is 125 cm³/mol. The molecule has 0 bridgehead atoms. The van der Waals surface area contributed by atoms with Crippen LogP contribution in [-0.2, 0) is 16.1 Å². The number of carbonyl (C=O) groups is 2. The molecule has 3 amide bonds. The molecule has 1 aliphatic heterocycles. The molecule has 0 aliphatic carbocycles. The Bertz CT molecular complexity index is 931. The normalized spacial score (nSPS) is 19.7. The van der Waals surface area contributed by atoms with Crippen molar-refractivity contribution in [3.63, 3.8) is 0 Å². The molecule has 3 rings (SSSR count). The number of hydrogen-bond donors (Lipinski definition) is 4. The SMILES string of the molecule is CC(C)NC(=O)N[C@H]1C=C[C@@H](CC(=O)NCc2ccc(Oc3ccccc3)cc2)O[C@H]1CO. The largest absolute Gasteiger partial charge is 0.457 e. The highest BCUT2D eigenvalue weighted by Crippen LogP contribution is 2.21. The van der Waals surface area contributed by atoms with E-state index in [2.05, 4.69) is 16.0 Å². The summed E-state index contributed by atoms with van der Waals surface area (Å²) in [5.41, 5.74) is 0.942. The average molecular weight is 454 g/mol. The lowest BCUT2D eigenvalue weighted by molar-refractivity contribution is -0.125. The molecule has 4 N–H and O–H groups in total. The molecule has 8 heteroatoms. The second kappa shape index (κ2) is 12.0. The number of para-hydroxylation sites is 1. The van der Waals surface area contributed by atoms with E-state index in [4.69, 9.17) is 9.47 Å². The molecule has 33 heavy (non-hydrogen) atoms. The molecule has 2 aromatic rings. The summed E-state index contributed by atoms with van der Waals surface area (Å²) < 4.78 is 11.6. The Morgan fingerprint density at radius 1 is 1.03 bits per heavy atom. The number of ether oxygens (including phenoxy) is 2. The summed E-state index contributed by atoms with van der Waals surface area (Å²) in [5.74, 6) is 1.31. The molecular weight excluding hydrogens is 422 g/mol. The Balaban J connectivity index is 1.44. The van der Waals surface area contributed by atoms with Crippen LogP contribution in [0.15, 0.2) is 66.7 Å². The summed E-state index contributed by atoms with van der Waals surface area (Å²) in [5, 5.41) is 18.0. The van der Waals surface area contributed by atoms with Gasteiger partial charge in [0.2, 0.25) is 5.91 Å². The Morgan fingerprint density at radius 3 is 2.39 bits per heavy atom. The standard InChI is InChI=1S/C25H31N3O5/c1-17(2)27-25(31)28-22-13-12-21(33-23(22)16-29)14-24(30)26-15-18-8-10-20(11-9-18)32-19-6-4-3-5-7-19/h3-13,17,21-23,29H,14-16H2,1-2H3,(H,26,30)(H2,27,28,31)/t21-,22-,23-/m0/s1. The third kappa shape index (κ3) is 7.93. The first-order chi connectivity index (χ1) is 15.9. The van der Waals surface area contributed by atoms with Crippen molar-refractivity contribution in [2.45, 2.75) is 51.1 Å². The van der Waals surface area contributed by atoms with E-state index in [0.29, 0.717) is 6.54 Å². The van der Waals surface area contributed by atoms with Crippen molar-refractivity contribution in [1.82, 2.24) is 16.0 Å². The van der Waals surface area contributed by atoms with Crippen LogP contribution in [0.2, 0.25) is 0 Å². The van der Waals surface area contributed by atoms with E-state index in [1.165, 1.54) is 0 Å². The topological polar surface area (TPSA) is 109 Å². The highest BCUT2D eigenvalue weighted by Gasteiger charge is 2.29. The number of amides is 3. The fraction of sp³-hybridized carbons (Fsp3) is 0.360. The van der Waals surface area contributed by atoms with Crippen LogP contribution in [0, 0.1) is 0 Å². The molecular formula is C25H31N3O5. The number of aliphatic hydroxyl groups is 1. The zero-order valence-electron chi connectivity index (χ0n) is 18.9. The van der Waals surface area contributed by atoms with Gasteiger partial charge in [-0.15, -0.1) is 0 Å². The fourth-order valence-electron chi connectivity index (χ4n) is 3.35. The van der Waals surface area contributed by atoms with Crippen LogP contribution >= 0.6 is 0 Å². The number of urea groups is 1. The van der Waals surface area contributed by atoms with Crippen molar-refractivity contribution in [3.8, 4) is 11.5 Å². The third-order valence-corrected chi connectivity index (χ3v) is 4.96. The summed E-state index contributed by atoms with van der Waals surface area (Å²) >= 11 is 0. The van der Waals surface area contributed by atoms with Gasteiger partial charge in [-0.25, -0.2) is 4.79 Å². The van der Waals surface area contributed by atoms with Crippen molar-refractivity contribution in [1.29, 1.82) is 0 Å². The number of carbonyl (C=O) groups excluding carboxylic acids is 2. The lowest BCUT2D eigenvalue weighted by Crippen LogP contribution is -2.52. The summed E-state index contributed by atoms with van der Waals surface area (Å²) in [6, 6.07) is 16.2. The maximum atomic E-state index is 12.4. The van der Waals surface area contributed by atoms with Gasteiger partial charge in [-0.3, -0.25) is 4.79 Å². The maximum Gasteiger partial charge on any atom is 0.315 e. The molecule has 0 saturated heterocycles. The molecule has 0 spiro atoms. The Morgan fingerprint density at radius 2 is 1.73 bits per heavy atom. The van der Waals surface area contributed by atoms with Crippen molar-refractivity contribution in [3.05, 3.63) is 72.3 Å². The van der Waals surface area contributed by atoms with Crippen LogP contribution in [0.1, 0.15) is 25.8 Å². The van der Waals surface area contributed by atoms with Crippen molar-refractivity contribution in [2.24, 2.45) is 0 Å². The van der Waals surface area contributed by atoms with Gasteiger partial charge in [-0.05, 0) is 43.7 Å². The van der Waals surface area contributed by atoms with Crippen LogP contribution in [0.5, 0.6) is 11.5 Å². The third-order valence-electron chi connectivity index (χ3n) is 4.96. The summed E-state index contributed by atoms with van der Waals surface area (Å²) in [4.78, 5) is 24.3. The molecule has 8 nitrogen and oxygen atoms in total. The van der Waals surface area contributed by atoms with Gasteiger partial charge in [-0.1, -0.05) is 42.5 Å². The number of aliphatic hydroxyl groups excluding tert-OH is 1. The first-order valence-corrected chi connectivity index (χ1v) is 11.0. The Hall–Kier alpha value is -3.36. The minimum atomic E-state index is -0.622. The second-order valence-electron chi connectivity index (χ2n) is 8.12. The molecule has 0 saturated carbocycles. The van der Waals surface area contributed by atoms with Gasteiger partial charge in [0.15, 0.2) is 0 Å². The van der Waals surface area contributed by atoms with E-state index >= 15 is 0 Å². The van der Waals surface area contributed by atoms with Gasteiger partial charge < -0.3 is 30.5 Å². The van der Waals surface area contributed by atoms with E-state index in [9.17, 15) is 14.7 Å². The predicted octanol–water partition coefficient (Wildman–Crippen LogP) is 2.88. The van der Waals surface area contributed by atoms with Gasteiger partial charge in [0.05, 0.1) is 25.2 Å². The van der Waals surface area contributed by atoms with Gasteiger partial charge in [-0.2, -0.15) is 0 Å². The van der Waals surface area contributed by atoms with Gasteiger partial charge in [0, 0.05) is 12.6 Å². The van der Waals surface area contributed by atoms with Crippen molar-refractivity contribution >= 4 is 11.9 Å². The van der Waals surface area contributed by atoms with Gasteiger partial charge in [0.25, 0.3) is 0 Å². The molecule has 0 fully saturated rings. The van der Waals surface area contributed by atoms with Gasteiger partial charge in [0.1, 0.15) is 17.6 Å². The summed E-state index contributed by atoms with van der Waals surface area (Å²) in [6.07, 6.45) is 2.51. The van der Waals surface area contributed by atoms with Gasteiger partial charge >= 0.3 is 6.03 Å². The van der Waals surface area contributed by atoms with E-state index < -0.39 is 18.2 Å². The first kappa shape index (κ1) is 24.3. The molecule has 0 radical (unpaired) electrons. The number of hydrogen-bond acceptors (Lipinski definition) is 5. The van der Waals surface area contributed by atoms with Crippen molar-refractivity contribution in [2.75, 3.05) is 6.61 Å². The molecule has 1 heterocycles. The molecule has 2 aromatic carbocycles. The highest BCUT2D eigenvalue weighted by molar-refractivity contribution is 5.77. The Kier molecular flexibility index (Phi) is 8.86. The zero-order chi connectivity index (χ0) is 23.6. The fourth-order valence-corrected chi connectivity index (χ4v) is 3.35. The highest BCUT2D eigenvalue weighted by atomic mass is 16.5. The van der Waals surface area contributed by atoms with Crippen LogP contribution in [0.4, 0.5) is 4.79 Å². The summed E-state index contributed by atoms with van der Waals surface area (Å²) in [6.45, 7) is 3.83. The van der Waals surface area contributed by atoms with Crippen LogP contribution in [0.25, 0.3) is 0 Å². The van der Waals surface area contributed by atoms with Crippen LogP contribution in [-0.4, -0.2) is 47.9 Å². The van der Waals surface area contributed by atoms with Crippen LogP contribution in [0.3, 0.4) is 0 Å². The van der Waals surface area contributed by atoms with E-state index in [0.717, 1.165) is 17.1 Å². The smallest absolute Gasteiger partial charge is 0.315 e. The molecule has 3 atom stereocenters. The second-order valence-corrected chi connectivity index (χ2v) is 8.12. The van der Waals surface area contributed by atoms with E-state index in [-0.39, 0.29) is 31.0 Å². The lowest BCUT2D eigenvalue weighted by atomic mass is 10.0. The zero-order valence-corrected chi connectivity index (χ0v) is 18.9. The lowest BCUT2D eigenvalue weighted by Gasteiger charge is -2.31. The van der Waals surface area contributed by atoms with E-state index in [1.54, 1.807) is 12.2 Å². The molecule has 0 unspecified atom stereocenters. The molecule has 176 valence electrons. The van der Waals surface area contributed by atoms with Crippen molar-refractivity contribution < 1.29 is 24.2 Å². The first-order valence-electron chi connectivity index (χ1n) is 11.0. The average Bonchev–Trinajstić information content (AvgIpc) is 2.80. The maximum absolute atomic E-state index is 12.4. The molecule has 0 aromatic heterocycles. The van der Waals surface area contributed by atoms with E-state index in [1.807, 2.05) is 68.4 Å². The van der Waals surface area contributed by atoms with Crippen LogP contribution < -0.4 is 20.7 Å². The Labute approximate surface area is 194 Å². The quantitative estimate of drug-likeness (QED) is 0.437. The summed E-state index contributed by atoms with van der Waals surface area (Å²) in [7, 11) is 0. The number of benzene rings is 2.